The predicted octanol–water partition coefficient (Wildman–Crippen LogP) is 3.13. The van der Waals surface area contributed by atoms with Crippen molar-refractivity contribution in [1.29, 1.82) is 0 Å². The molecule has 0 saturated carbocycles. The van der Waals surface area contributed by atoms with Gasteiger partial charge in [-0.15, -0.1) is 0 Å². The first-order valence-electron chi connectivity index (χ1n) is 7.90. The van der Waals surface area contributed by atoms with Crippen molar-refractivity contribution in [2.24, 2.45) is 0 Å². The Balaban J connectivity index is 2.13. The first kappa shape index (κ1) is 16.0. The molecule has 4 heteroatoms. The van der Waals surface area contributed by atoms with Crippen LogP contribution in [0.1, 0.15) is 48.5 Å². The number of rotatable bonds is 6. The van der Waals surface area contributed by atoms with Gasteiger partial charge in [-0.3, -0.25) is 4.79 Å². The van der Waals surface area contributed by atoms with Gasteiger partial charge in [0.05, 0.1) is 0 Å². The highest BCUT2D eigenvalue weighted by Gasteiger charge is 2.23. The highest BCUT2D eigenvalue weighted by molar-refractivity contribution is 5.95. The Hall–Kier alpha value is -1.42. The van der Waals surface area contributed by atoms with Crippen LogP contribution in [-0.2, 0) is 0 Å². The molecule has 116 valence electrons. The molecule has 0 aromatic heterocycles. The topological polar surface area (TPSA) is 32.3 Å². The molecule has 2 rings (SSSR count). The third-order valence-corrected chi connectivity index (χ3v) is 4.10. The Morgan fingerprint density at radius 2 is 2.29 bits per heavy atom. The van der Waals surface area contributed by atoms with E-state index in [0.717, 1.165) is 44.5 Å². The molecule has 1 aromatic rings. The van der Waals surface area contributed by atoms with Gasteiger partial charge in [-0.2, -0.15) is 0 Å². The quantitative estimate of drug-likeness (QED) is 0.873. The molecule has 1 N–H and O–H groups in total. The van der Waals surface area contributed by atoms with Crippen molar-refractivity contribution in [3.05, 3.63) is 35.1 Å². The number of carbonyl (C=O) groups excluding carboxylic acids is 1. The Labute approximate surface area is 126 Å². The zero-order valence-corrected chi connectivity index (χ0v) is 13.0. The van der Waals surface area contributed by atoms with Gasteiger partial charge in [0.1, 0.15) is 5.82 Å². The lowest BCUT2D eigenvalue weighted by Gasteiger charge is -2.26. The van der Waals surface area contributed by atoms with Crippen LogP contribution in [0.15, 0.2) is 18.2 Å². The molecule has 0 radical (unpaired) electrons. The van der Waals surface area contributed by atoms with E-state index in [1.54, 1.807) is 6.07 Å². The van der Waals surface area contributed by atoms with Crippen LogP contribution < -0.4 is 5.32 Å². The Bertz CT molecular complexity index is 484. The highest BCUT2D eigenvalue weighted by Crippen LogP contribution is 2.16. The predicted molar refractivity (Wildman–Crippen MR) is 83.0 cm³/mol. The lowest BCUT2D eigenvalue weighted by Crippen LogP contribution is -2.41. The summed E-state index contributed by atoms with van der Waals surface area (Å²) in [7, 11) is 0. The molecule has 1 atom stereocenters. The number of halogens is 1. The highest BCUT2D eigenvalue weighted by atomic mass is 19.1. The van der Waals surface area contributed by atoms with E-state index in [1.165, 1.54) is 18.6 Å². The minimum absolute atomic E-state index is 0.0471. The van der Waals surface area contributed by atoms with E-state index in [0.29, 0.717) is 11.6 Å². The molecule has 1 unspecified atom stereocenters. The lowest BCUT2D eigenvalue weighted by atomic mass is 10.1. The van der Waals surface area contributed by atoms with Crippen LogP contribution in [0.3, 0.4) is 0 Å². The van der Waals surface area contributed by atoms with E-state index in [-0.39, 0.29) is 11.7 Å². The molecule has 1 aliphatic rings. The maximum absolute atomic E-state index is 13.4. The van der Waals surface area contributed by atoms with Crippen molar-refractivity contribution in [3.8, 4) is 0 Å². The number of benzene rings is 1. The van der Waals surface area contributed by atoms with Crippen LogP contribution in [0, 0.1) is 12.7 Å². The molecule has 3 nitrogen and oxygen atoms in total. The van der Waals surface area contributed by atoms with Crippen LogP contribution >= 0.6 is 0 Å². The standard InChI is InChI=1S/C17H25FN2O/c1-3-4-10-20(12-15-6-5-9-19-15)17(21)16-11-14(18)8-7-13(16)2/h7-8,11,15,19H,3-6,9-10,12H2,1-2H3. The minimum Gasteiger partial charge on any atom is -0.337 e. The number of unbranched alkanes of at least 4 members (excludes halogenated alkanes) is 1. The average molecular weight is 292 g/mol. The fourth-order valence-electron chi connectivity index (χ4n) is 2.80. The normalized spacial score (nSPS) is 18.0. The maximum atomic E-state index is 13.4. The first-order chi connectivity index (χ1) is 10.1. The molecule has 21 heavy (non-hydrogen) atoms. The molecule has 1 heterocycles. The minimum atomic E-state index is -0.349. The van der Waals surface area contributed by atoms with Crippen LogP contribution in [-0.4, -0.2) is 36.5 Å². The van der Waals surface area contributed by atoms with Gasteiger partial charge in [-0.25, -0.2) is 4.39 Å². The number of hydrogen-bond donors (Lipinski definition) is 1. The molecule has 0 spiro atoms. The third-order valence-electron chi connectivity index (χ3n) is 4.10. The summed E-state index contributed by atoms with van der Waals surface area (Å²) < 4.78 is 13.4. The van der Waals surface area contributed by atoms with Crippen molar-refractivity contribution in [3.63, 3.8) is 0 Å². The Morgan fingerprint density at radius 1 is 1.48 bits per heavy atom. The van der Waals surface area contributed by atoms with E-state index in [4.69, 9.17) is 0 Å². The van der Waals surface area contributed by atoms with Gasteiger partial charge in [0.2, 0.25) is 0 Å². The molecule has 1 amide bonds. The summed E-state index contributed by atoms with van der Waals surface area (Å²) in [6, 6.07) is 4.81. The molecule has 1 saturated heterocycles. The largest absolute Gasteiger partial charge is 0.337 e. The molecule has 0 aliphatic carbocycles. The number of nitrogens with one attached hydrogen (secondary N) is 1. The van der Waals surface area contributed by atoms with Crippen LogP contribution in [0.2, 0.25) is 0 Å². The van der Waals surface area contributed by atoms with Crippen LogP contribution in [0.25, 0.3) is 0 Å². The Morgan fingerprint density at radius 3 is 2.95 bits per heavy atom. The van der Waals surface area contributed by atoms with Gasteiger partial charge < -0.3 is 10.2 Å². The van der Waals surface area contributed by atoms with Gasteiger partial charge >= 0.3 is 0 Å². The van der Waals surface area contributed by atoms with E-state index < -0.39 is 0 Å². The maximum Gasteiger partial charge on any atom is 0.254 e. The molecule has 1 aromatic carbocycles. The van der Waals surface area contributed by atoms with Crippen molar-refractivity contribution < 1.29 is 9.18 Å². The van der Waals surface area contributed by atoms with Crippen LogP contribution in [0.4, 0.5) is 4.39 Å². The number of carbonyl (C=O) groups is 1. The molecular formula is C17H25FN2O. The van der Waals surface area contributed by atoms with Crippen molar-refractivity contribution in [1.82, 2.24) is 10.2 Å². The number of amides is 1. The van der Waals surface area contributed by atoms with Crippen molar-refractivity contribution >= 4 is 5.91 Å². The second kappa shape index (κ2) is 7.55. The smallest absolute Gasteiger partial charge is 0.254 e. The second-order valence-corrected chi connectivity index (χ2v) is 5.86. The fraction of sp³-hybridized carbons (Fsp3) is 0.588. The summed E-state index contributed by atoms with van der Waals surface area (Å²) >= 11 is 0. The van der Waals surface area contributed by atoms with Crippen LogP contribution in [0.5, 0.6) is 0 Å². The van der Waals surface area contributed by atoms with E-state index in [1.807, 2.05) is 11.8 Å². The number of aryl methyl sites for hydroxylation is 1. The van der Waals surface area contributed by atoms with E-state index in [9.17, 15) is 9.18 Å². The first-order valence-corrected chi connectivity index (χ1v) is 7.90. The van der Waals surface area contributed by atoms with Gasteiger partial charge in [0, 0.05) is 24.7 Å². The van der Waals surface area contributed by atoms with Crippen molar-refractivity contribution in [2.75, 3.05) is 19.6 Å². The third kappa shape index (κ3) is 4.27. The lowest BCUT2D eigenvalue weighted by molar-refractivity contribution is 0.0738. The fourth-order valence-corrected chi connectivity index (χ4v) is 2.80. The van der Waals surface area contributed by atoms with Gasteiger partial charge in [-0.1, -0.05) is 19.4 Å². The molecule has 1 fully saturated rings. The molecular weight excluding hydrogens is 267 g/mol. The van der Waals surface area contributed by atoms with Gasteiger partial charge in [-0.05, 0) is 50.4 Å². The zero-order chi connectivity index (χ0) is 15.2. The Kier molecular flexibility index (Phi) is 5.74. The summed E-state index contributed by atoms with van der Waals surface area (Å²) in [6.45, 7) is 6.46. The number of nitrogens with zero attached hydrogens (tertiary/aromatic N) is 1. The average Bonchev–Trinajstić information content (AvgIpc) is 2.98. The van der Waals surface area contributed by atoms with Crippen molar-refractivity contribution in [2.45, 2.75) is 45.6 Å². The SMILES string of the molecule is CCCCN(CC1CCCN1)C(=O)c1cc(F)ccc1C. The molecule has 0 bridgehead atoms. The zero-order valence-electron chi connectivity index (χ0n) is 13.0. The number of hydrogen-bond acceptors (Lipinski definition) is 2. The summed E-state index contributed by atoms with van der Waals surface area (Å²) in [5.74, 6) is -0.396. The monoisotopic (exact) mass is 292 g/mol. The summed E-state index contributed by atoms with van der Waals surface area (Å²) in [5.41, 5.74) is 1.33. The summed E-state index contributed by atoms with van der Waals surface area (Å²) in [6.07, 6.45) is 4.30. The van der Waals surface area contributed by atoms with E-state index >= 15 is 0 Å². The second-order valence-electron chi connectivity index (χ2n) is 5.86. The van der Waals surface area contributed by atoms with Gasteiger partial charge in [0.25, 0.3) is 5.91 Å². The summed E-state index contributed by atoms with van der Waals surface area (Å²) in [4.78, 5) is 14.6. The van der Waals surface area contributed by atoms with E-state index in [2.05, 4.69) is 12.2 Å². The summed E-state index contributed by atoms with van der Waals surface area (Å²) in [5, 5.41) is 3.43. The van der Waals surface area contributed by atoms with Gasteiger partial charge in [0.15, 0.2) is 0 Å². The molecule has 1 aliphatic heterocycles.